The summed E-state index contributed by atoms with van der Waals surface area (Å²) < 4.78 is 0. The third-order valence-corrected chi connectivity index (χ3v) is 4.31. The molecule has 0 aliphatic carbocycles. The Balaban J connectivity index is 2.01. The first-order valence-electron chi connectivity index (χ1n) is 6.37. The Morgan fingerprint density at radius 3 is 2.90 bits per heavy atom. The molecular weight excluding hydrogens is 270 g/mol. The Labute approximate surface area is 121 Å². The Morgan fingerprint density at radius 2 is 2.05 bits per heavy atom. The molecule has 0 saturated carbocycles. The number of imidazole rings is 1. The molecule has 2 heterocycles. The largest absolute Gasteiger partial charge is 0.341 e. The van der Waals surface area contributed by atoms with Crippen LogP contribution in [0.15, 0.2) is 46.8 Å². The molecule has 0 radical (unpaired) electrons. The van der Waals surface area contributed by atoms with E-state index in [1.807, 2.05) is 13.1 Å². The lowest BCUT2D eigenvalue weighted by Crippen LogP contribution is -2.13. The SMILES string of the molecule is CNC(C)c1ccccc1Sc1ncnc2nc[nH]c12. The smallest absolute Gasteiger partial charge is 0.181 e. The number of hydrogen-bond donors (Lipinski definition) is 2. The molecule has 2 aromatic heterocycles. The van der Waals surface area contributed by atoms with E-state index in [1.54, 1.807) is 24.4 Å². The maximum Gasteiger partial charge on any atom is 0.181 e. The van der Waals surface area contributed by atoms with Crippen molar-refractivity contribution < 1.29 is 0 Å². The number of nitrogens with zero attached hydrogens (tertiary/aromatic N) is 3. The molecule has 1 unspecified atom stereocenters. The Bertz CT molecular complexity index is 724. The van der Waals surface area contributed by atoms with Crippen molar-refractivity contribution in [2.45, 2.75) is 22.9 Å². The average molecular weight is 285 g/mol. The third-order valence-electron chi connectivity index (χ3n) is 3.21. The molecule has 0 bridgehead atoms. The van der Waals surface area contributed by atoms with Gasteiger partial charge in [0.15, 0.2) is 5.65 Å². The fourth-order valence-corrected chi connectivity index (χ4v) is 3.08. The number of aromatic nitrogens is 4. The molecular formula is C14H15N5S. The maximum absolute atomic E-state index is 4.36. The molecule has 6 heteroatoms. The van der Waals surface area contributed by atoms with Crippen molar-refractivity contribution in [3.05, 3.63) is 42.5 Å². The van der Waals surface area contributed by atoms with E-state index in [0.717, 1.165) is 10.5 Å². The van der Waals surface area contributed by atoms with Gasteiger partial charge < -0.3 is 10.3 Å². The Morgan fingerprint density at radius 1 is 1.20 bits per heavy atom. The van der Waals surface area contributed by atoms with Crippen molar-refractivity contribution in [1.29, 1.82) is 0 Å². The van der Waals surface area contributed by atoms with Gasteiger partial charge in [-0.2, -0.15) is 0 Å². The summed E-state index contributed by atoms with van der Waals surface area (Å²) in [6, 6.07) is 8.63. The quantitative estimate of drug-likeness (QED) is 0.722. The Hall–Kier alpha value is -1.92. The summed E-state index contributed by atoms with van der Waals surface area (Å²) in [5, 5.41) is 4.17. The van der Waals surface area contributed by atoms with Crippen LogP contribution < -0.4 is 5.32 Å². The number of hydrogen-bond acceptors (Lipinski definition) is 5. The number of nitrogens with one attached hydrogen (secondary N) is 2. The fourth-order valence-electron chi connectivity index (χ4n) is 2.01. The highest BCUT2D eigenvalue weighted by Gasteiger charge is 2.12. The number of fused-ring (bicyclic) bond motifs is 1. The molecule has 0 amide bonds. The van der Waals surface area contributed by atoms with E-state index in [2.05, 4.69) is 50.4 Å². The van der Waals surface area contributed by atoms with Crippen LogP contribution >= 0.6 is 11.8 Å². The minimum Gasteiger partial charge on any atom is -0.341 e. The van der Waals surface area contributed by atoms with Crippen molar-refractivity contribution in [3.63, 3.8) is 0 Å². The van der Waals surface area contributed by atoms with Gasteiger partial charge in [0.1, 0.15) is 16.9 Å². The lowest BCUT2D eigenvalue weighted by molar-refractivity contribution is 0.641. The predicted octanol–water partition coefficient (Wildman–Crippen LogP) is 2.78. The number of benzene rings is 1. The van der Waals surface area contributed by atoms with Crippen LogP contribution in [-0.2, 0) is 0 Å². The highest BCUT2D eigenvalue weighted by molar-refractivity contribution is 7.99. The van der Waals surface area contributed by atoms with E-state index in [1.165, 1.54) is 10.5 Å². The van der Waals surface area contributed by atoms with Crippen LogP contribution in [0, 0.1) is 0 Å². The first-order valence-corrected chi connectivity index (χ1v) is 7.19. The minimum absolute atomic E-state index is 0.290. The van der Waals surface area contributed by atoms with E-state index < -0.39 is 0 Å². The van der Waals surface area contributed by atoms with Crippen molar-refractivity contribution >= 4 is 22.9 Å². The molecule has 5 nitrogen and oxygen atoms in total. The molecule has 0 fully saturated rings. The molecule has 3 rings (SSSR count). The van der Waals surface area contributed by atoms with E-state index in [0.29, 0.717) is 5.65 Å². The van der Waals surface area contributed by atoms with E-state index in [-0.39, 0.29) is 6.04 Å². The summed E-state index contributed by atoms with van der Waals surface area (Å²) in [7, 11) is 1.96. The lowest BCUT2D eigenvalue weighted by Gasteiger charge is -2.15. The van der Waals surface area contributed by atoms with Gasteiger partial charge in [0.25, 0.3) is 0 Å². The second kappa shape index (κ2) is 5.60. The fraction of sp³-hybridized carbons (Fsp3) is 0.214. The number of H-pyrrole nitrogens is 1. The molecule has 0 aliphatic heterocycles. The first-order chi connectivity index (χ1) is 9.79. The standard InChI is InChI=1S/C14H15N5S/c1-9(15-2)10-5-3-4-6-11(10)20-14-12-13(17-7-16-12)18-8-19-14/h3-9,15H,1-2H3,(H,16,17,18,19). The molecule has 0 saturated heterocycles. The summed E-state index contributed by atoms with van der Waals surface area (Å²) in [5.41, 5.74) is 2.83. The first kappa shape index (κ1) is 13.1. The van der Waals surface area contributed by atoms with E-state index in [4.69, 9.17) is 0 Å². The second-order valence-electron chi connectivity index (χ2n) is 4.43. The zero-order valence-corrected chi connectivity index (χ0v) is 12.1. The van der Waals surface area contributed by atoms with Gasteiger partial charge in [0, 0.05) is 10.9 Å². The lowest BCUT2D eigenvalue weighted by atomic mass is 10.1. The van der Waals surface area contributed by atoms with Crippen LogP contribution in [0.3, 0.4) is 0 Å². The molecule has 1 aromatic carbocycles. The maximum atomic E-state index is 4.36. The Kier molecular flexibility index (Phi) is 3.66. The summed E-state index contributed by atoms with van der Waals surface area (Å²) in [5.74, 6) is 0. The van der Waals surface area contributed by atoms with Crippen molar-refractivity contribution in [3.8, 4) is 0 Å². The van der Waals surface area contributed by atoms with Gasteiger partial charge in [-0.15, -0.1) is 0 Å². The van der Waals surface area contributed by atoms with Crippen LogP contribution in [0.2, 0.25) is 0 Å². The van der Waals surface area contributed by atoms with Crippen molar-refractivity contribution in [1.82, 2.24) is 25.3 Å². The number of rotatable bonds is 4. The molecule has 2 N–H and O–H groups in total. The highest BCUT2D eigenvalue weighted by Crippen LogP contribution is 2.34. The van der Waals surface area contributed by atoms with Gasteiger partial charge in [0.2, 0.25) is 0 Å². The van der Waals surface area contributed by atoms with Gasteiger partial charge in [-0.1, -0.05) is 30.0 Å². The number of aromatic amines is 1. The van der Waals surface area contributed by atoms with Gasteiger partial charge in [-0.25, -0.2) is 15.0 Å². The average Bonchev–Trinajstić information content (AvgIpc) is 2.96. The van der Waals surface area contributed by atoms with Crippen LogP contribution in [0.1, 0.15) is 18.5 Å². The highest BCUT2D eigenvalue weighted by atomic mass is 32.2. The minimum atomic E-state index is 0.290. The molecule has 0 spiro atoms. The molecule has 0 aliphatic rings. The topological polar surface area (TPSA) is 66.5 Å². The zero-order valence-electron chi connectivity index (χ0n) is 11.3. The van der Waals surface area contributed by atoms with Crippen LogP contribution in [0.5, 0.6) is 0 Å². The third kappa shape index (κ3) is 2.39. The predicted molar refractivity (Wildman–Crippen MR) is 79.7 cm³/mol. The van der Waals surface area contributed by atoms with Crippen molar-refractivity contribution in [2.75, 3.05) is 7.05 Å². The van der Waals surface area contributed by atoms with Gasteiger partial charge >= 0.3 is 0 Å². The summed E-state index contributed by atoms with van der Waals surface area (Å²) in [6.45, 7) is 2.14. The molecule has 1 atom stereocenters. The van der Waals surface area contributed by atoms with Crippen LogP contribution in [-0.4, -0.2) is 27.0 Å². The second-order valence-corrected chi connectivity index (χ2v) is 5.46. The molecule has 20 heavy (non-hydrogen) atoms. The summed E-state index contributed by atoms with van der Waals surface area (Å²) >= 11 is 1.63. The molecule has 102 valence electrons. The van der Waals surface area contributed by atoms with E-state index in [9.17, 15) is 0 Å². The van der Waals surface area contributed by atoms with Crippen molar-refractivity contribution in [2.24, 2.45) is 0 Å². The van der Waals surface area contributed by atoms with Crippen LogP contribution in [0.25, 0.3) is 11.2 Å². The summed E-state index contributed by atoms with van der Waals surface area (Å²) in [6.07, 6.45) is 3.20. The van der Waals surface area contributed by atoms with Gasteiger partial charge in [-0.3, -0.25) is 0 Å². The van der Waals surface area contributed by atoms with Gasteiger partial charge in [-0.05, 0) is 25.6 Å². The zero-order chi connectivity index (χ0) is 13.9. The van der Waals surface area contributed by atoms with E-state index >= 15 is 0 Å². The monoisotopic (exact) mass is 285 g/mol. The molecule has 3 aromatic rings. The van der Waals surface area contributed by atoms with Crippen LogP contribution in [0.4, 0.5) is 0 Å². The normalized spacial score (nSPS) is 12.7. The van der Waals surface area contributed by atoms with Gasteiger partial charge in [0.05, 0.1) is 6.33 Å². The summed E-state index contributed by atoms with van der Waals surface area (Å²) in [4.78, 5) is 16.9.